The number of likely N-dealkylation sites (tertiary alicyclic amines) is 1. The van der Waals surface area contributed by atoms with Crippen LogP contribution in [0.5, 0.6) is 0 Å². The minimum Gasteiger partial charge on any atom is -0.357 e. The van der Waals surface area contributed by atoms with Gasteiger partial charge in [0.2, 0.25) is 11.8 Å². The summed E-state index contributed by atoms with van der Waals surface area (Å²) in [7, 11) is 1.61. The fraction of sp³-hybridized carbons (Fsp3) is 0.833. The number of rotatable bonds is 5. The lowest BCUT2D eigenvalue weighted by molar-refractivity contribution is -0.138. The van der Waals surface area contributed by atoms with Crippen LogP contribution in [0, 0.1) is 5.92 Å². The maximum absolute atomic E-state index is 12.0. The van der Waals surface area contributed by atoms with Crippen LogP contribution >= 0.6 is 0 Å². The third-order valence-electron chi connectivity index (χ3n) is 3.38. The molecular weight excluding hydrogens is 218 g/mol. The molecule has 1 heterocycles. The molecule has 1 saturated heterocycles. The lowest BCUT2D eigenvalue weighted by Crippen LogP contribution is -2.44. The van der Waals surface area contributed by atoms with Gasteiger partial charge >= 0.3 is 0 Å². The Balaban J connectivity index is 2.47. The largest absolute Gasteiger partial charge is 0.357 e. The minimum absolute atomic E-state index is 0.0530. The SMILES string of the molecule is CNC(=O)C1CCCN1C(=O)CCC(C)CN. The summed E-state index contributed by atoms with van der Waals surface area (Å²) in [6.07, 6.45) is 2.98. The molecule has 5 heteroatoms. The maximum Gasteiger partial charge on any atom is 0.242 e. The van der Waals surface area contributed by atoms with Gasteiger partial charge in [-0.3, -0.25) is 9.59 Å². The number of carbonyl (C=O) groups is 2. The molecule has 1 rings (SSSR count). The van der Waals surface area contributed by atoms with Crippen molar-refractivity contribution < 1.29 is 9.59 Å². The van der Waals surface area contributed by atoms with Gasteiger partial charge in [-0.25, -0.2) is 0 Å². The molecular formula is C12H23N3O2. The summed E-state index contributed by atoms with van der Waals surface area (Å²) in [6.45, 7) is 3.34. The first-order valence-corrected chi connectivity index (χ1v) is 6.31. The van der Waals surface area contributed by atoms with E-state index < -0.39 is 0 Å². The van der Waals surface area contributed by atoms with Crippen LogP contribution in [0.2, 0.25) is 0 Å². The summed E-state index contributed by atoms with van der Waals surface area (Å²) in [5.74, 6) is 0.388. The molecule has 98 valence electrons. The minimum atomic E-state index is -0.263. The molecule has 3 N–H and O–H groups in total. The summed E-state index contributed by atoms with van der Waals surface area (Å²) in [4.78, 5) is 25.3. The van der Waals surface area contributed by atoms with Crippen molar-refractivity contribution in [2.45, 2.75) is 38.6 Å². The molecule has 0 saturated carbocycles. The summed E-state index contributed by atoms with van der Waals surface area (Å²) >= 11 is 0. The van der Waals surface area contributed by atoms with E-state index in [0.717, 1.165) is 19.3 Å². The van der Waals surface area contributed by atoms with Crippen molar-refractivity contribution in [3.63, 3.8) is 0 Å². The molecule has 0 aromatic carbocycles. The summed E-state index contributed by atoms with van der Waals surface area (Å²) < 4.78 is 0. The zero-order chi connectivity index (χ0) is 12.8. The fourth-order valence-electron chi connectivity index (χ4n) is 2.14. The third kappa shape index (κ3) is 3.70. The van der Waals surface area contributed by atoms with Crippen LogP contribution in [0.1, 0.15) is 32.6 Å². The first-order valence-electron chi connectivity index (χ1n) is 6.31. The number of hydrogen-bond acceptors (Lipinski definition) is 3. The zero-order valence-electron chi connectivity index (χ0n) is 10.7. The Morgan fingerprint density at radius 3 is 2.82 bits per heavy atom. The predicted molar refractivity (Wildman–Crippen MR) is 66.3 cm³/mol. The van der Waals surface area contributed by atoms with Crippen molar-refractivity contribution in [2.75, 3.05) is 20.1 Å². The first kappa shape index (κ1) is 14.0. The van der Waals surface area contributed by atoms with E-state index in [2.05, 4.69) is 5.32 Å². The molecule has 0 bridgehead atoms. The average Bonchev–Trinajstić information content (AvgIpc) is 2.83. The monoisotopic (exact) mass is 241 g/mol. The fourth-order valence-corrected chi connectivity index (χ4v) is 2.14. The van der Waals surface area contributed by atoms with E-state index >= 15 is 0 Å². The highest BCUT2D eigenvalue weighted by Crippen LogP contribution is 2.19. The third-order valence-corrected chi connectivity index (χ3v) is 3.38. The Labute approximate surface area is 103 Å². The van der Waals surface area contributed by atoms with Gasteiger partial charge in [0.05, 0.1) is 0 Å². The molecule has 2 unspecified atom stereocenters. The highest BCUT2D eigenvalue weighted by molar-refractivity contribution is 5.88. The van der Waals surface area contributed by atoms with E-state index in [-0.39, 0.29) is 17.9 Å². The normalized spacial score (nSPS) is 21.4. The molecule has 1 fully saturated rings. The van der Waals surface area contributed by atoms with Gasteiger partial charge in [0.1, 0.15) is 6.04 Å². The van der Waals surface area contributed by atoms with Crippen molar-refractivity contribution in [1.82, 2.24) is 10.2 Å². The molecule has 17 heavy (non-hydrogen) atoms. The lowest BCUT2D eigenvalue weighted by atomic mass is 10.1. The number of likely N-dealkylation sites (N-methyl/N-ethyl adjacent to an activating group) is 1. The first-order chi connectivity index (χ1) is 8.10. The van der Waals surface area contributed by atoms with Crippen molar-refractivity contribution in [1.29, 1.82) is 0 Å². The number of carbonyl (C=O) groups excluding carboxylic acids is 2. The molecule has 2 amide bonds. The van der Waals surface area contributed by atoms with Crippen LogP contribution < -0.4 is 11.1 Å². The number of nitrogens with zero attached hydrogens (tertiary/aromatic N) is 1. The van der Waals surface area contributed by atoms with Gasteiger partial charge in [-0.1, -0.05) is 6.92 Å². The Morgan fingerprint density at radius 2 is 2.24 bits per heavy atom. The van der Waals surface area contributed by atoms with E-state index in [0.29, 0.717) is 25.4 Å². The molecule has 0 radical (unpaired) electrons. The number of nitrogens with one attached hydrogen (secondary N) is 1. The molecule has 1 aliphatic heterocycles. The van der Waals surface area contributed by atoms with Gasteiger partial charge in [-0.15, -0.1) is 0 Å². The van der Waals surface area contributed by atoms with Crippen molar-refractivity contribution in [3.05, 3.63) is 0 Å². The van der Waals surface area contributed by atoms with E-state index in [1.54, 1.807) is 11.9 Å². The summed E-state index contributed by atoms with van der Waals surface area (Å²) in [6, 6.07) is -0.263. The smallest absolute Gasteiger partial charge is 0.242 e. The Kier molecular flexibility index (Phi) is 5.41. The van der Waals surface area contributed by atoms with E-state index in [1.165, 1.54) is 0 Å². The van der Waals surface area contributed by atoms with Crippen molar-refractivity contribution in [3.8, 4) is 0 Å². The van der Waals surface area contributed by atoms with Crippen molar-refractivity contribution in [2.24, 2.45) is 11.7 Å². The molecule has 5 nitrogen and oxygen atoms in total. The summed E-state index contributed by atoms with van der Waals surface area (Å²) in [5, 5.41) is 2.61. The summed E-state index contributed by atoms with van der Waals surface area (Å²) in [5.41, 5.74) is 5.52. The van der Waals surface area contributed by atoms with Gasteiger partial charge < -0.3 is 16.0 Å². The van der Waals surface area contributed by atoms with Crippen LogP contribution in [0.15, 0.2) is 0 Å². The highest BCUT2D eigenvalue weighted by Gasteiger charge is 2.32. The maximum atomic E-state index is 12.0. The topological polar surface area (TPSA) is 75.4 Å². The standard InChI is InChI=1S/C12H23N3O2/c1-9(8-13)5-6-11(16)15-7-3-4-10(15)12(17)14-2/h9-10H,3-8,13H2,1-2H3,(H,14,17). The molecule has 0 aliphatic carbocycles. The van der Waals surface area contributed by atoms with Gasteiger partial charge in [-0.2, -0.15) is 0 Å². The van der Waals surface area contributed by atoms with Gasteiger partial charge in [0, 0.05) is 20.0 Å². The number of nitrogens with two attached hydrogens (primary N) is 1. The second-order valence-corrected chi connectivity index (χ2v) is 4.74. The molecule has 0 aromatic rings. The average molecular weight is 241 g/mol. The second-order valence-electron chi connectivity index (χ2n) is 4.74. The lowest BCUT2D eigenvalue weighted by Gasteiger charge is -2.23. The van der Waals surface area contributed by atoms with Gasteiger partial charge in [0.25, 0.3) is 0 Å². The Bertz CT molecular complexity index is 281. The van der Waals surface area contributed by atoms with Crippen LogP contribution in [-0.2, 0) is 9.59 Å². The quantitative estimate of drug-likeness (QED) is 0.716. The van der Waals surface area contributed by atoms with Crippen LogP contribution in [0.3, 0.4) is 0 Å². The zero-order valence-corrected chi connectivity index (χ0v) is 10.7. The Morgan fingerprint density at radius 1 is 1.53 bits per heavy atom. The number of amides is 2. The Hall–Kier alpha value is -1.10. The van der Waals surface area contributed by atoms with Gasteiger partial charge in [-0.05, 0) is 31.7 Å². The molecule has 0 spiro atoms. The molecule has 0 aromatic heterocycles. The molecule has 2 atom stereocenters. The van der Waals surface area contributed by atoms with Crippen LogP contribution in [0.25, 0.3) is 0 Å². The van der Waals surface area contributed by atoms with E-state index in [1.807, 2.05) is 6.92 Å². The van der Waals surface area contributed by atoms with E-state index in [4.69, 9.17) is 5.73 Å². The predicted octanol–water partition coefficient (Wildman–Crippen LogP) is 0.0984. The second kappa shape index (κ2) is 6.59. The number of hydrogen-bond donors (Lipinski definition) is 2. The van der Waals surface area contributed by atoms with Crippen LogP contribution in [-0.4, -0.2) is 42.9 Å². The van der Waals surface area contributed by atoms with Gasteiger partial charge in [0.15, 0.2) is 0 Å². The van der Waals surface area contributed by atoms with Crippen molar-refractivity contribution >= 4 is 11.8 Å². The highest BCUT2D eigenvalue weighted by atomic mass is 16.2. The molecule has 1 aliphatic rings. The van der Waals surface area contributed by atoms with E-state index in [9.17, 15) is 9.59 Å². The van der Waals surface area contributed by atoms with Crippen LogP contribution in [0.4, 0.5) is 0 Å².